The molecular formula is C17H25NO2. The van der Waals surface area contributed by atoms with Gasteiger partial charge in [0.05, 0.1) is 7.11 Å². The number of benzene rings is 1. The van der Waals surface area contributed by atoms with E-state index in [1.807, 2.05) is 0 Å². The van der Waals surface area contributed by atoms with Crippen LogP contribution in [0.15, 0.2) is 18.2 Å². The molecule has 0 aliphatic carbocycles. The molecule has 2 heterocycles. The van der Waals surface area contributed by atoms with E-state index < -0.39 is 0 Å². The first-order chi connectivity index (χ1) is 9.85. The summed E-state index contributed by atoms with van der Waals surface area (Å²) < 4.78 is 10.8. The van der Waals surface area contributed by atoms with E-state index in [9.17, 15) is 0 Å². The number of hydrogen-bond donors (Lipinski definition) is 0. The molecule has 1 atom stereocenters. The molecule has 0 N–H and O–H groups in total. The van der Waals surface area contributed by atoms with Crippen LogP contribution >= 0.6 is 0 Å². The minimum absolute atomic E-state index is 0.792. The van der Waals surface area contributed by atoms with Crippen molar-refractivity contribution in [2.75, 3.05) is 40.0 Å². The highest BCUT2D eigenvalue weighted by molar-refractivity contribution is 5.36. The van der Waals surface area contributed by atoms with Gasteiger partial charge in [0.2, 0.25) is 0 Å². The molecule has 3 heteroatoms. The molecule has 1 aromatic rings. The topological polar surface area (TPSA) is 21.7 Å². The van der Waals surface area contributed by atoms with Crippen molar-refractivity contribution in [3.8, 4) is 5.75 Å². The lowest BCUT2D eigenvalue weighted by Gasteiger charge is -2.21. The van der Waals surface area contributed by atoms with E-state index in [0.717, 1.165) is 31.3 Å². The molecule has 0 spiro atoms. The van der Waals surface area contributed by atoms with Crippen LogP contribution in [0, 0.1) is 5.92 Å². The van der Waals surface area contributed by atoms with Crippen LogP contribution in [0.2, 0.25) is 0 Å². The normalized spacial score (nSPS) is 23.4. The van der Waals surface area contributed by atoms with Crippen molar-refractivity contribution in [2.45, 2.75) is 25.7 Å². The van der Waals surface area contributed by atoms with Gasteiger partial charge >= 0.3 is 0 Å². The zero-order valence-corrected chi connectivity index (χ0v) is 12.4. The first kappa shape index (κ1) is 13.9. The summed E-state index contributed by atoms with van der Waals surface area (Å²) in [6.07, 6.45) is 4.86. The van der Waals surface area contributed by atoms with Crippen LogP contribution in [-0.4, -0.2) is 44.9 Å². The van der Waals surface area contributed by atoms with Crippen molar-refractivity contribution in [1.82, 2.24) is 4.90 Å². The van der Waals surface area contributed by atoms with E-state index in [1.54, 1.807) is 7.11 Å². The maximum absolute atomic E-state index is 5.47. The fourth-order valence-corrected chi connectivity index (χ4v) is 3.27. The van der Waals surface area contributed by atoms with Crippen LogP contribution in [0.4, 0.5) is 0 Å². The van der Waals surface area contributed by atoms with Crippen LogP contribution in [0.5, 0.6) is 5.75 Å². The van der Waals surface area contributed by atoms with Crippen molar-refractivity contribution in [3.05, 3.63) is 29.3 Å². The van der Waals surface area contributed by atoms with Crippen molar-refractivity contribution in [3.63, 3.8) is 0 Å². The molecule has 3 rings (SSSR count). The van der Waals surface area contributed by atoms with E-state index in [0.29, 0.717) is 0 Å². The molecule has 0 unspecified atom stereocenters. The first-order valence-electron chi connectivity index (χ1n) is 7.81. The van der Waals surface area contributed by atoms with Crippen LogP contribution in [0.3, 0.4) is 0 Å². The Morgan fingerprint density at radius 2 is 2.10 bits per heavy atom. The van der Waals surface area contributed by atoms with Crippen LogP contribution < -0.4 is 4.74 Å². The Bertz CT molecular complexity index is 441. The Balaban J connectivity index is 1.55. The molecule has 110 valence electrons. The second kappa shape index (κ2) is 6.59. The molecule has 0 saturated carbocycles. The minimum Gasteiger partial charge on any atom is -0.497 e. The summed E-state index contributed by atoms with van der Waals surface area (Å²) in [4.78, 5) is 2.62. The fourth-order valence-electron chi connectivity index (χ4n) is 3.27. The van der Waals surface area contributed by atoms with Crippen LogP contribution in [-0.2, 0) is 17.6 Å². The van der Waals surface area contributed by atoms with Gasteiger partial charge in [0.1, 0.15) is 5.75 Å². The van der Waals surface area contributed by atoms with Crippen molar-refractivity contribution < 1.29 is 9.47 Å². The Morgan fingerprint density at radius 1 is 1.25 bits per heavy atom. The number of fused-ring (bicyclic) bond motifs is 1. The van der Waals surface area contributed by atoms with Gasteiger partial charge in [-0.05, 0) is 61.4 Å². The van der Waals surface area contributed by atoms with Crippen molar-refractivity contribution in [1.29, 1.82) is 0 Å². The number of methoxy groups -OCH3 is 1. The Morgan fingerprint density at radius 3 is 2.85 bits per heavy atom. The summed E-state index contributed by atoms with van der Waals surface area (Å²) in [6, 6.07) is 6.54. The molecule has 0 bridgehead atoms. The van der Waals surface area contributed by atoms with Gasteiger partial charge in [-0.2, -0.15) is 0 Å². The predicted octanol–water partition coefficient (Wildman–Crippen LogP) is 2.52. The maximum Gasteiger partial charge on any atom is 0.119 e. The van der Waals surface area contributed by atoms with Gasteiger partial charge in [0.15, 0.2) is 0 Å². The molecule has 1 saturated heterocycles. The van der Waals surface area contributed by atoms with E-state index >= 15 is 0 Å². The summed E-state index contributed by atoms with van der Waals surface area (Å²) >= 11 is 0. The summed E-state index contributed by atoms with van der Waals surface area (Å²) in [7, 11) is 1.74. The van der Waals surface area contributed by atoms with Crippen molar-refractivity contribution in [2.24, 2.45) is 5.92 Å². The van der Waals surface area contributed by atoms with Gasteiger partial charge in [-0.15, -0.1) is 0 Å². The number of ether oxygens (including phenoxy) is 2. The predicted molar refractivity (Wildman–Crippen MR) is 80.4 cm³/mol. The van der Waals surface area contributed by atoms with Gasteiger partial charge in [-0.1, -0.05) is 6.07 Å². The third-order valence-corrected chi connectivity index (χ3v) is 4.69. The highest BCUT2D eigenvalue weighted by atomic mass is 16.5. The van der Waals surface area contributed by atoms with E-state index in [-0.39, 0.29) is 0 Å². The summed E-state index contributed by atoms with van der Waals surface area (Å²) in [5.74, 6) is 1.78. The van der Waals surface area contributed by atoms with Crippen LogP contribution in [0.25, 0.3) is 0 Å². The Labute approximate surface area is 121 Å². The average molecular weight is 275 g/mol. The average Bonchev–Trinajstić information content (AvgIpc) is 2.92. The molecule has 3 nitrogen and oxygen atoms in total. The molecule has 0 aromatic heterocycles. The smallest absolute Gasteiger partial charge is 0.119 e. The lowest BCUT2D eigenvalue weighted by atomic mass is 10.0. The van der Waals surface area contributed by atoms with Gasteiger partial charge in [-0.3, -0.25) is 0 Å². The molecule has 1 fully saturated rings. The molecule has 0 radical (unpaired) electrons. The molecule has 2 aliphatic heterocycles. The number of hydrogen-bond acceptors (Lipinski definition) is 3. The molecular weight excluding hydrogens is 250 g/mol. The lowest BCUT2D eigenvalue weighted by molar-refractivity contribution is 0.178. The van der Waals surface area contributed by atoms with E-state index in [4.69, 9.17) is 9.47 Å². The Kier molecular flexibility index (Phi) is 4.58. The fraction of sp³-hybridized carbons (Fsp3) is 0.647. The highest BCUT2D eigenvalue weighted by Gasteiger charge is 2.19. The van der Waals surface area contributed by atoms with Gasteiger partial charge in [0, 0.05) is 26.3 Å². The van der Waals surface area contributed by atoms with Crippen LogP contribution in [0.1, 0.15) is 24.0 Å². The lowest BCUT2D eigenvalue weighted by Crippen LogP contribution is -2.29. The molecule has 1 aromatic carbocycles. The standard InChI is InChI=1S/C17H25NO2/c1-19-17-3-2-15-5-9-18(10-6-16(15)12-17)8-4-14-7-11-20-13-14/h2-3,12,14H,4-11,13H2,1H3/t14-/m0/s1. The Hall–Kier alpha value is -1.06. The SMILES string of the molecule is COc1ccc2c(c1)CCN(CC[C@H]1CCOC1)CC2. The van der Waals surface area contributed by atoms with E-state index in [1.165, 1.54) is 50.0 Å². The monoisotopic (exact) mass is 275 g/mol. The summed E-state index contributed by atoms with van der Waals surface area (Å²) in [5.41, 5.74) is 2.97. The number of nitrogens with zero attached hydrogens (tertiary/aromatic N) is 1. The van der Waals surface area contributed by atoms with E-state index in [2.05, 4.69) is 23.1 Å². The van der Waals surface area contributed by atoms with Gasteiger partial charge in [0.25, 0.3) is 0 Å². The molecule has 0 amide bonds. The summed E-state index contributed by atoms with van der Waals surface area (Å²) in [6.45, 7) is 5.53. The zero-order chi connectivity index (χ0) is 13.8. The minimum atomic E-state index is 0.792. The molecule has 2 aliphatic rings. The quantitative estimate of drug-likeness (QED) is 0.843. The largest absolute Gasteiger partial charge is 0.497 e. The second-order valence-electron chi connectivity index (χ2n) is 5.99. The second-order valence-corrected chi connectivity index (χ2v) is 5.99. The summed E-state index contributed by atoms with van der Waals surface area (Å²) in [5, 5.41) is 0. The third kappa shape index (κ3) is 3.33. The highest BCUT2D eigenvalue weighted by Crippen LogP contribution is 2.22. The maximum atomic E-state index is 5.47. The third-order valence-electron chi connectivity index (χ3n) is 4.69. The van der Waals surface area contributed by atoms with Gasteiger partial charge < -0.3 is 14.4 Å². The van der Waals surface area contributed by atoms with Crippen molar-refractivity contribution >= 4 is 0 Å². The first-order valence-corrected chi connectivity index (χ1v) is 7.81. The molecule has 20 heavy (non-hydrogen) atoms. The van der Waals surface area contributed by atoms with Gasteiger partial charge in [-0.25, -0.2) is 0 Å². The zero-order valence-electron chi connectivity index (χ0n) is 12.4. The number of rotatable bonds is 4.